The number of hydrogen-bond donors (Lipinski definition) is 1. The van der Waals surface area contributed by atoms with Crippen molar-refractivity contribution in [2.24, 2.45) is 0 Å². The fourth-order valence-corrected chi connectivity index (χ4v) is 4.17. The molecule has 2 aromatic carbocycles. The number of halogens is 2. The number of carboxylic acids is 1. The van der Waals surface area contributed by atoms with Crippen LogP contribution < -0.4 is 9.47 Å². The third-order valence-corrected chi connectivity index (χ3v) is 6.28. The van der Waals surface area contributed by atoms with Crippen LogP contribution in [0.4, 0.5) is 4.79 Å². The summed E-state index contributed by atoms with van der Waals surface area (Å²) < 4.78 is 16.7. The van der Waals surface area contributed by atoms with E-state index < -0.39 is 18.2 Å². The maximum Gasteiger partial charge on any atom is 0.415 e. The number of carboxylic acid groups (broad SMARTS) is 1. The third kappa shape index (κ3) is 11.6. The van der Waals surface area contributed by atoms with Crippen molar-refractivity contribution >= 4 is 35.3 Å². The zero-order valence-corrected chi connectivity index (χ0v) is 23.1. The Morgan fingerprint density at radius 2 is 1.65 bits per heavy atom. The highest BCUT2D eigenvalue weighted by Crippen LogP contribution is 2.28. The second-order valence-electron chi connectivity index (χ2n) is 8.68. The standard InChI is InChI=1S/C28H37Cl2NO6/c1-3-5-6-7-8-9-16-31(28(34)37-25-15-12-22(29)20-24(25)30)17-18-36-23-13-10-21(11-14-23)19-26(27(32)33)35-4-2/h10-15,20,26H,3-9,16-19H2,1-2H3,(H,32,33). The second kappa shape index (κ2) is 17.1. The van der Waals surface area contributed by atoms with Crippen LogP contribution in [0, 0.1) is 0 Å². The molecular weight excluding hydrogens is 517 g/mol. The molecule has 1 atom stereocenters. The number of benzene rings is 2. The number of unbranched alkanes of at least 4 members (excludes halogenated alkanes) is 5. The van der Waals surface area contributed by atoms with Crippen molar-refractivity contribution in [1.82, 2.24) is 4.90 Å². The molecule has 1 amide bonds. The number of rotatable bonds is 17. The lowest BCUT2D eigenvalue weighted by Crippen LogP contribution is -2.37. The first kappa shape index (κ1) is 30.7. The highest BCUT2D eigenvalue weighted by molar-refractivity contribution is 6.35. The fourth-order valence-electron chi connectivity index (χ4n) is 3.72. The molecule has 204 valence electrons. The second-order valence-corrected chi connectivity index (χ2v) is 9.52. The summed E-state index contributed by atoms with van der Waals surface area (Å²) in [6.45, 7) is 5.44. The van der Waals surface area contributed by atoms with E-state index in [4.69, 9.17) is 37.4 Å². The lowest BCUT2D eigenvalue weighted by Gasteiger charge is -2.22. The molecule has 0 saturated heterocycles. The molecular formula is C28H37Cl2NO6. The molecule has 9 heteroatoms. The number of ether oxygens (including phenoxy) is 3. The van der Waals surface area contributed by atoms with Crippen LogP contribution in [0.1, 0.15) is 57.9 Å². The quantitative estimate of drug-likeness (QED) is 0.207. The van der Waals surface area contributed by atoms with E-state index in [1.54, 1.807) is 36.1 Å². The number of amides is 1. The van der Waals surface area contributed by atoms with Gasteiger partial charge in [-0.1, -0.05) is 74.4 Å². The molecule has 0 fully saturated rings. The summed E-state index contributed by atoms with van der Waals surface area (Å²) >= 11 is 12.1. The normalized spacial score (nSPS) is 11.7. The summed E-state index contributed by atoms with van der Waals surface area (Å²) in [5, 5.41) is 10.00. The topological polar surface area (TPSA) is 85.3 Å². The number of carbonyl (C=O) groups is 2. The molecule has 0 aliphatic rings. The molecule has 0 aliphatic heterocycles. The molecule has 0 aliphatic carbocycles. The van der Waals surface area contributed by atoms with Crippen LogP contribution in [0.3, 0.4) is 0 Å². The van der Waals surface area contributed by atoms with E-state index in [0.717, 1.165) is 24.8 Å². The first-order valence-corrected chi connectivity index (χ1v) is 13.6. The fraction of sp³-hybridized carbons (Fsp3) is 0.500. The van der Waals surface area contributed by atoms with Gasteiger partial charge < -0.3 is 24.2 Å². The monoisotopic (exact) mass is 553 g/mol. The first-order valence-electron chi connectivity index (χ1n) is 12.8. The SMILES string of the molecule is CCCCCCCCN(CCOc1ccc(CC(OCC)C(=O)O)cc1)C(=O)Oc1ccc(Cl)cc1Cl. The van der Waals surface area contributed by atoms with Gasteiger partial charge in [-0.15, -0.1) is 0 Å². The molecule has 0 spiro atoms. The smallest absolute Gasteiger partial charge is 0.415 e. The maximum absolute atomic E-state index is 12.9. The average Bonchev–Trinajstić information content (AvgIpc) is 2.87. The van der Waals surface area contributed by atoms with Gasteiger partial charge in [-0.25, -0.2) is 9.59 Å². The van der Waals surface area contributed by atoms with Crippen molar-refractivity contribution in [1.29, 1.82) is 0 Å². The molecule has 0 saturated carbocycles. The van der Waals surface area contributed by atoms with E-state index in [9.17, 15) is 14.7 Å². The molecule has 2 rings (SSSR count). The first-order chi connectivity index (χ1) is 17.8. The van der Waals surface area contributed by atoms with Gasteiger partial charge in [-0.2, -0.15) is 0 Å². The van der Waals surface area contributed by atoms with Crippen LogP contribution in [0.25, 0.3) is 0 Å². The highest BCUT2D eigenvalue weighted by Gasteiger charge is 2.19. The maximum atomic E-state index is 12.9. The molecule has 0 bridgehead atoms. The number of nitrogens with zero attached hydrogens (tertiary/aromatic N) is 1. The minimum absolute atomic E-state index is 0.257. The lowest BCUT2D eigenvalue weighted by molar-refractivity contribution is -0.149. The molecule has 0 radical (unpaired) electrons. The molecule has 1 N–H and O–H groups in total. The molecule has 0 aromatic heterocycles. The summed E-state index contributed by atoms with van der Waals surface area (Å²) in [6, 6.07) is 11.9. The highest BCUT2D eigenvalue weighted by atomic mass is 35.5. The van der Waals surface area contributed by atoms with Crippen LogP contribution in [0.5, 0.6) is 11.5 Å². The van der Waals surface area contributed by atoms with Gasteiger partial charge in [0, 0.05) is 24.6 Å². The van der Waals surface area contributed by atoms with E-state index in [1.165, 1.54) is 25.3 Å². The molecule has 37 heavy (non-hydrogen) atoms. The predicted molar refractivity (Wildman–Crippen MR) is 146 cm³/mol. The lowest BCUT2D eigenvalue weighted by atomic mass is 10.1. The van der Waals surface area contributed by atoms with Crippen molar-refractivity contribution in [3.05, 3.63) is 58.1 Å². The number of carbonyl (C=O) groups excluding carboxylic acids is 1. The summed E-state index contributed by atoms with van der Waals surface area (Å²) in [7, 11) is 0. The summed E-state index contributed by atoms with van der Waals surface area (Å²) in [4.78, 5) is 25.8. The van der Waals surface area contributed by atoms with E-state index in [-0.39, 0.29) is 23.8 Å². The van der Waals surface area contributed by atoms with Gasteiger partial charge in [0.05, 0.1) is 11.6 Å². The van der Waals surface area contributed by atoms with Crippen LogP contribution in [0.2, 0.25) is 10.0 Å². The summed E-state index contributed by atoms with van der Waals surface area (Å²) in [5.74, 6) is -0.104. The Balaban J connectivity index is 1.92. The van der Waals surface area contributed by atoms with Crippen molar-refractivity contribution < 1.29 is 28.9 Å². The van der Waals surface area contributed by atoms with Crippen molar-refractivity contribution in [3.63, 3.8) is 0 Å². The molecule has 7 nitrogen and oxygen atoms in total. The molecule has 0 heterocycles. The van der Waals surface area contributed by atoms with E-state index >= 15 is 0 Å². The largest absolute Gasteiger partial charge is 0.492 e. The Hall–Kier alpha value is -2.48. The molecule has 2 aromatic rings. The minimum Gasteiger partial charge on any atom is -0.492 e. The van der Waals surface area contributed by atoms with Gasteiger partial charge in [0.2, 0.25) is 0 Å². The predicted octanol–water partition coefficient (Wildman–Crippen LogP) is 7.27. The van der Waals surface area contributed by atoms with Gasteiger partial charge in [-0.05, 0) is 49.2 Å². The average molecular weight is 555 g/mol. The Kier molecular flexibility index (Phi) is 14.2. The van der Waals surface area contributed by atoms with Gasteiger partial charge in [0.1, 0.15) is 12.4 Å². The van der Waals surface area contributed by atoms with Crippen LogP contribution in [0.15, 0.2) is 42.5 Å². The van der Waals surface area contributed by atoms with Gasteiger partial charge in [0.15, 0.2) is 11.9 Å². The minimum atomic E-state index is -0.987. The zero-order valence-electron chi connectivity index (χ0n) is 21.6. The van der Waals surface area contributed by atoms with E-state index in [1.807, 2.05) is 12.1 Å². The van der Waals surface area contributed by atoms with E-state index in [0.29, 0.717) is 30.5 Å². The Morgan fingerprint density at radius 1 is 0.946 bits per heavy atom. The Labute approximate surface area is 229 Å². The number of aliphatic carboxylic acids is 1. The van der Waals surface area contributed by atoms with Gasteiger partial charge >= 0.3 is 12.1 Å². The van der Waals surface area contributed by atoms with Crippen LogP contribution in [-0.2, 0) is 16.0 Å². The number of hydrogen-bond acceptors (Lipinski definition) is 5. The third-order valence-electron chi connectivity index (χ3n) is 5.75. The van der Waals surface area contributed by atoms with Crippen molar-refractivity contribution in [3.8, 4) is 11.5 Å². The van der Waals surface area contributed by atoms with Crippen molar-refractivity contribution in [2.45, 2.75) is 64.9 Å². The zero-order chi connectivity index (χ0) is 27.0. The van der Waals surface area contributed by atoms with Gasteiger partial charge in [-0.3, -0.25) is 0 Å². The summed E-state index contributed by atoms with van der Waals surface area (Å²) in [5.41, 5.74) is 0.835. The Morgan fingerprint density at radius 3 is 2.30 bits per heavy atom. The molecule has 1 unspecified atom stereocenters. The summed E-state index contributed by atoms with van der Waals surface area (Å²) in [6.07, 6.45) is 5.53. The van der Waals surface area contributed by atoms with Crippen molar-refractivity contribution in [2.75, 3.05) is 26.3 Å². The van der Waals surface area contributed by atoms with Gasteiger partial charge in [0.25, 0.3) is 0 Å². The van der Waals surface area contributed by atoms with Crippen LogP contribution >= 0.6 is 23.2 Å². The van der Waals surface area contributed by atoms with E-state index in [2.05, 4.69) is 6.92 Å². The Bertz CT molecular complexity index is 970. The van der Waals surface area contributed by atoms with Crippen LogP contribution in [-0.4, -0.2) is 54.5 Å².